The second kappa shape index (κ2) is 7.70. The number of carbonyl (C=O) groups excluding carboxylic acids is 1. The molecule has 142 valence electrons. The van der Waals surface area contributed by atoms with E-state index >= 15 is 0 Å². The van der Waals surface area contributed by atoms with E-state index in [1.807, 2.05) is 19.9 Å². The monoisotopic (exact) mass is 405 g/mol. The number of aryl methyl sites for hydroxylation is 3. The summed E-state index contributed by atoms with van der Waals surface area (Å²) in [4.78, 5) is 31.6. The van der Waals surface area contributed by atoms with Gasteiger partial charge in [-0.25, -0.2) is 4.98 Å². The number of hydrogen-bond donors (Lipinski definition) is 1. The van der Waals surface area contributed by atoms with E-state index in [0.717, 1.165) is 16.9 Å². The lowest BCUT2D eigenvalue weighted by Crippen LogP contribution is -2.30. The van der Waals surface area contributed by atoms with Crippen molar-refractivity contribution in [3.63, 3.8) is 0 Å². The number of nitrogens with one attached hydrogen (secondary N) is 1. The second-order valence-electron chi connectivity index (χ2n) is 6.19. The van der Waals surface area contributed by atoms with E-state index in [0.29, 0.717) is 32.5 Å². The Morgan fingerprint density at radius 2 is 2.07 bits per heavy atom. The molecule has 0 radical (unpaired) electrons. The largest absolute Gasteiger partial charge is 0.495 e. The number of hydrogen-bond acceptors (Lipinski definition) is 5. The van der Waals surface area contributed by atoms with Crippen molar-refractivity contribution in [3.05, 3.63) is 49.8 Å². The van der Waals surface area contributed by atoms with Crippen LogP contribution in [0.2, 0.25) is 5.02 Å². The number of thiophene rings is 1. The van der Waals surface area contributed by atoms with Crippen molar-refractivity contribution < 1.29 is 9.53 Å². The number of amides is 1. The van der Waals surface area contributed by atoms with Gasteiger partial charge in [-0.15, -0.1) is 11.3 Å². The first kappa shape index (κ1) is 19.4. The van der Waals surface area contributed by atoms with Gasteiger partial charge < -0.3 is 10.1 Å². The van der Waals surface area contributed by atoms with E-state index in [4.69, 9.17) is 16.3 Å². The molecule has 8 heteroatoms. The maximum atomic E-state index is 12.8. The highest BCUT2D eigenvalue weighted by Gasteiger charge is 2.16. The summed E-state index contributed by atoms with van der Waals surface area (Å²) in [5, 5.41) is 3.89. The lowest BCUT2D eigenvalue weighted by molar-refractivity contribution is -0.116. The summed E-state index contributed by atoms with van der Waals surface area (Å²) in [5.74, 6) is 0.626. The molecule has 2 heterocycles. The maximum absolute atomic E-state index is 12.8. The number of benzene rings is 1. The molecular weight excluding hydrogens is 386 g/mol. The topological polar surface area (TPSA) is 73.2 Å². The van der Waals surface area contributed by atoms with Gasteiger partial charge in [-0.2, -0.15) is 0 Å². The van der Waals surface area contributed by atoms with Crippen LogP contribution in [-0.2, 0) is 17.8 Å². The van der Waals surface area contributed by atoms with Gasteiger partial charge in [0.15, 0.2) is 0 Å². The predicted molar refractivity (Wildman–Crippen MR) is 109 cm³/mol. The molecule has 0 fully saturated rings. The number of carbonyl (C=O) groups is 1. The number of methoxy groups -OCH3 is 1. The van der Waals surface area contributed by atoms with Gasteiger partial charge in [0, 0.05) is 16.0 Å². The Labute approximate surface area is 165 Å². The molecule has 2 aromatic heterocycles. The first-order chi connectivity index (χ1) is 12.8. The van der Waals surface area contributed by atoms with E-state index in [-0.39, 0.29) is 18.0 Å². The standard InChI is InChI=1S/C19H20ClN3O3S/c1-5-12-7-13-18(27-12)21-11(3)23(19(13)25)9-17(24)22-15-6-10(2)14(20)8-16(15)26-4/h6-8H,5,9H2,1-4H3,(H,22,24). The fraction of sp³-hybridized carbons (Fsp3) is 0.316. The average Bonchev–Trinajstić information content (AvgIpc) is 3.04. The van der Waals surface area contributed by atoms with Crippen LogP contribution in [0.4, 0.5) is 5.69 Å². The molecule has 27 heavy (non-hydrogen) atoms. The Kier molecular flexibility index (Phi) is 5.53. The Hall–Kier alpha value is -2.38. The van der Waals surface area contributed by atoms with Crippen molar-refractivity contribution >= 4 is 44.7 Å². The van der Waals surface area contributed by atoms with Crippen molar-refractivity contribution in [2.75, 3.05) is 12.4 Å². The zero-order valence-corrected chi connectivity index (χ0v) is 17.1. The first-order valence-corrected chi connectivity index (χ1v) is 9.67. The highest BCUT2D eigenvalue weighted by atomic mass is 35.5. The molecular formula is C19H20ClN3O3S. The van der Waals surface area contributed by atoms with E-state index in [9.17, 15) is 9.59 Å². The fourth-order valence-corrected chi connectivity index (χ4v) is 3.95. The van der Waals surface area contributed by atoms with Crippen LogP contribution in [0.1, 0.15) is 23.2 Å². The summed E-state index contributed by atoms with van der Waals surface area (Å²) >= 11 is 7.61. The zero-order valence-electron chi connectivity index (χ0n) is 15.6. The predicted octanol–water partition coefficient (Wildman–Crippen LogP) is 3.94. The van der Waals surface area contributed by atoms with Gasteiger partial charge in [-0.3, -0.25) is 14.2 Å². The minimum atomic E-state index is -0.340. The van der Waals surface area contributed by atoms with Crippen LogP contribution >= 0.6 is 22.9 Å². The quantitative estimate of drug-likeness (QED) is 0.697. The molecule has 0 atom stereocenters. The third kappa shape index (κ3) is 3.84. The van der Waals surface area contributed by atoms with Crippen molar-refractivity contribution in [1.29, 1.82) is 0 Å². The van der Waals surface area contributed by atoms with Crippen LogP contribution in [0.5, 0.6) is 5.75 Å². The third-order valence-electron chi connectivity index (χ3n) is 4.30. The van der Waals surface area contributed by atoms with Gasteiger partial charge in [0.2, 0.25) is 5.91 Å². The van der Waals surface area contributed by atoms with Crippen LogP contribution in [-0.4, -0.2) is 22.6 Å². The normalized spacial score (nSPS) is 11.0. The van der Waals surface area contributed by atoms with Crippen molar-refractivity contribution in [2.24, 2.45) is 0 Å². The summed E-state index contributed by atoms with van der Waals surface area (Å²) in [6, 6.07) is 5.24. The second-order valence-corrected chi connectivity index (χ2v) is 7.71. The summed E-state index contributed by atoms with van der Waals surface area (Å²) in [6.45, 7) is 5.47. The Bertz CT molecular complexity index is 1090. The molecule has 1 aromatic carbocycles. The van der Waals surface area contributed by atoms with Crippen molar-refractivity contribution in [1.82, 2.24) is 9.55 Å². The number of nitrogens with zero attached hydrogens (tertiary/aromatic N) is 2. The molecule has 3 aromatic rings. The van der Waals surface area contributed by atoms with Gasteiger partial charge in [0.05, 0.1) is 18.2 Å². The molecule has 1 N–H and O–H groups in total. The average molecular weight is 406 g/mol. The molecule has 0 aliphatic carbocycles. The van der Waals surface area contributed by atoms with Gasteiger partial charge in [-0.1, -0.05) is 18.5 Å². The molecule has 0 aliphatic heterocycles. The molecule has 0 bridgehead atoms. The molecule has 0 aliphatic rings. The molecule has 0 unspecified atom stereocenters. The molecule has 0 saturated heterocycles. The summed E-state index contributed by atoms with van der Waals surface area (Å²) in [7, 11) is 1.50. The van der Waals surface area contributed by atoms with E-state index in [1.54, 1.807) is 19.1 Å². The highest BCUT2D eigenvalue weighted by molar-refractivity contribution is 7.18. The molecule has 6 nitrogen and oxygen atoms in total. The minimum Gasteiger partial charge on any atom is -0.495 e. The number of ether oxygens (including phenoxy) is 1. The van der Waals surface area contributed by atoms with Crippen molar-refractivity contribution in [2.45, 2.75) is 33.7 Å². The zero-order chi connectivity index (χ0) is 19.7. The molecule has 1 amide bonds. The van der Waals surface area contributed by atoms with Gasteiger partial charge >= 0.3 is 0 Å². The van der Waals surface area contributed by atoms with Crippen LogP contribution in [0.25, 0.3) is 10.2 Å². The van der Waals surface area contributed by atoms with Gasteiger partial charge in [0.25, 0.3) is 5.56 Å². The lowest BCUT2D eigenvalue weighted by Gasteiger charge is -2.13. The minimum absolute atomic E-state index is 0.129. The van der Waals surface area contributed by atoms with Crippen LogP contribution in [0.3, 0.4) is 0 Å². The van der Waals surface area contributed by atoms with E-state index in [2.05, 4.69) is 10.3 Å². The molecule has 0 saturated carbocycles. The Morgan fingerprint density at radius 3 is 2.74 bits per heavy atom. The van der Waals surface area contributed by atoms with E-state index in [1.165, 1.54) is 23.0 Å². The van der Waals surface area contributed by atoms with Crippen LogP contribution in [0.15, 0.2) is 23.0 Å². The Morgan fingerprint density at radius 1 is 1.33 bits per heavy atom. The van der Waals surface area contributed by atoms with Crippen LogP contribution in [0, 0.1) is 13.8 Å². The Balaban J connectivity index is 1.91. The van der Waals surface area contributed by atoms with E-state index < -0.39 is 0 Å². The molecule has 3 rings (SSSR count). The summed E-state index contributed by atoms with van der Waals surface area (Å²) in [6.07, 6.45) is 0.843. The smallest absolute Gasteiger partial charge is 0.262 e. The maximum Gasteiger partial charge on any atom is 0.262 e. The third-order valence-corrected chi connectivity index (χ3v) is 5.88. The highest BCUT2D eigenvalue weighted by Crippen LogP contribution is 2.31. The van der Waals surface area contributed by atoms with Gasteiger partial charge in [-0.05, 0) is 38.0 Å². The number of anilines is 1. The fourth-order valence-electron chi connectivity index (χ4n) is 2.79. The number of fused-ring (bicyclic) bond motifs is 1. The summed E-state index contributed by atoms with van der Waals surface area (Å²) in [5.41, 5.74) is 1.12. The lowest BCUT2D eigenvalue weighted by atomic mass is 10.2. The number of halogens is 1. The number of aromatic nitrogens is 2. The molecule has 0 spiro atoms. The number of rotatable bonds is 5. The first-order valence-electron chi connectivity index (χ1n) is 8.47. The summed E-state index contributed by atoms with van der Waals surface area (Å²) < 4.78 is 6.66. The van der Waals surface area contributed by atoms with Gasteiger partial charge in [0.1, 0.15) is 22.9 Å². The van der Waals surface area contributed by atoms with Crippen molar-refractivity contribution in [3.8, 4) is 5.75 Å². The van der Waals surface area contributed by atoms with Crippen LogP contribution < -0.4 is 15.6 Å². The SMILES string of the molecule is CCc1cc2c(=O)n(CC(=O)Nc3cc(C)c(Cl)cc3OC)c(C)nc2s1.